The van der Waals surface area contributed by atoms with E-state index in [1.54, 1.807) is 8.87 Å². The summed E-state index contributed by atoms with van der Waals surface area (Å²) < 4.78 is 14.4. The minimum atomic E-state index is -1.38. The Morgan fingerprint density at radius 2 is 0.943 bits per heavy atom. The van der Waals surface area contributed by atoms with Crippen LogP contribution >= 0.6 is 0 Å². The molecule has 1 fully saturated rings. The molecule has 0 amide bonds. The summed E-state index contributed by atoms with van der Waals surface area (Å²) in [7, 11) is 0. The molecule has 0 heterocycles. The van der Waals surface area contributed by atoms with Gasteiger partial charge in [-0.05, 0) is 11.1 Å². The van der Waals surface area contributed by atoms with Crippen molar-refractivity contribution in [2.75, 3.05) is 0 Å². The predicted molar refractivity (Wildman–Crippen MR) is 139 cm³/mol. The largest absolute Gasteiger partial charge is 0.387 e. The fourth-order valence-electron chi connectivity index (χ4n) is 3.84. The number of unbranched alkanes of at least 4 members (excludes halogenated alkanes) is 2. The number of hydrogen-bond acceptors (Lipinski definition) is 6. The molecule has 3 rings (SSSR count). The molecule has 194 valence electrons. The van der Waals surface area contributed by atoms with Crippen LogP contribution in [0.3, 0.4) is 0 Å². The monoisotopic (exact) mass is 594 g/mol. The van der Waals surface area contributed by atoms with E-state index in [1.807, 2.05) is 60.7 Å². The van der Waals surface area contributed by atoms with Gasteiger partial charge in [0.2, 0.25) is 0 Å². The molecule has 0 aromatic heterocycles. The van der Waals surface area contributed by atoms with Crippen molar-refractivity contribution in [3.05, 3.63) is 71.8 Å². The van der Waals surface area contributed by atoms with E-state index in [1.165, 1.54) is 25.7 Å². The average molecular weight is 593 g/mol. The van der Waals surface area contributed by atoms with Crippen LogP contribution in [0.25, 0.3) is 0 Å². The molecule has 1 aliphatic rings. The first kappa shape index (κ1) is 30.2. The molecule has 35 heavy (non-hydrogen) atoms. The second kappa shape index (κ2) is 17.5. The first-order valence-electron chi connectivity index (χ1n) is 12.7. The van der Waals surface area contributed by atoms with Crippen LogP contribution in [0.5, 0.6) is 0 Å². The summed E-state index contributed by atoms with van der Waals surface area (Å²) in [6, 6.07) is 18.5. The number of benzene rings is 2. The summed E-state index contributed by atoms with van der Waals surface area (Å²) in [6.07, 6.45) is -1.90. The zero-order valence-electron chi connectivity index (χ0n) is 21.0. The first-order valence-corrected chi connectivity index (χ1v) is 16.8. The van der Waals surface area contributed by atoms with Crippen LogP contribution in [-0.4, -0.2) is 78.2 Å². The number of ether oxygens (including phenoxy) is 2. The molecule has 0 spiro atoms. The Morgan fingerprint density at radius 3 is 1.26 bits per heavy atom. The molecule has 0 saturated heterocycles. The van der Waals surface area contributed by atoms with Gasteiger partial charge in [-0.25, -0.2) is 0 Å². The standard InChI is InChI=1S/C20H24O6.2C4H9.Sn/c21-15-17(23)20(26-12-14-9-5-2-6-10-14)18(24)16(22)19(15)25-11-13-7-3-1-4-8-13;2*1-3-4-2;/h1-10,15-24H,11-12H2;2*1,3-4H2,2H3;/t15-,16-,17-,18+,19?,20?;;;/m1.../s1. The number of rotatable bonds is 12. The van der Waals surface area contributed by atoms with Crippen molar-refractivity contribution in [2.45, 2.75) is 98.2 Å². The van der Waals surface area contributed by atoms with Crippen LogP contribution in [-0.2, 0) is 22.7 Å². The minimum Gasteiger partial charge on any atom is -0.387 e. The Bertz CT molecular complexity index is 696. The second-order valence-corrected chi connectivity index (χ2v) is 13.2. The number of aliphatic hydroxyl groups excluding tert-OH is 4. The van der Waals surface area contributed by atoms with Crippen LogP contribution in [0.1, 0.15) is 50.7 Å². The molecule has 2 aromatic rings. The van der Waals surface area contributed by atoms with E-state index in [4.69, 9.17) is 9.47 Å². The molecule has 1 aliphatic carbocycles. The summed E-state index contributed by atoms with van der Waals surface area (Å²) in [5.74, 6) is 0. The second-order valence-electron chi connectivity index (χ2n) is 8.94. The third-order valence-electron chi connectivity index (χ3n) is 6.03. The van der Waals surface area contributed by atoms with Gasteiger partial charge in [0.05, 0.1) is 13.2 Å². The average Bonchev–Trinajstić information content (AvgIpc) is 2.89. The van der Waals surface area contributed by atoms with Crippen LogP contribution in [0, 0.1) is 0 Å². The molecule has 2 radical (unpaired) electrons. The predicted octanol–water partition coefficient (Wildman–Crippen LogP) is 3.74. The van der Waals surface area contributed by atoms with Gasteiger partial charge in [-0.2, -0.15) is 0 Å². The van der Waals surface area contributed by atoms with Gasteiger partial charge in [0.25, 0.3) is 0 Å². The van der Waals surface area contributed by atoms with Crippen LogP contribution in [0.2, 0.25) is 8.87 Å². The summed E-state index contributed by atoms with van der Waals surface area (Å²) in [5.41, 5.74) is 1.72. The van der Waals surface area contributed by atoms with Crippen molar-refractivity contribution < 1.29 is 29.9 Å². The van der Waals surface area contributed by atoms with Gasteiger partial charge in [-0.1, -0.05) is 60.7 Å². The van der Waals surface area contributed by atoms with E-state index >= 15 is 0 Å². The number of aliphatic hydroxyl groups is 4. The Hall–Kier alpha value is -1.00. The van der Waals surface area contributed by atoms with E-state index in [0.717, 1.165) is 11.1 Å². The third kappa shape index (κ3) is 10.5. The van der Waals surface area contributed by atoms with Gasteiger partial charge < -0.3 is 29.9 Å². The van der Waals surface area contributed by atoms with Crippen molar-refractivity contribution in [3.8, 4) is 0 Å². The van der Waals surface area contributed by atoms with Crippen molar-refractivity contribution >= 4 is 21.1 Å². The molecular weight excluding hydrogens is 551 g/mol. The molecule has 0 bridgehead atoms. The van der Waals surface area contributed by atoms with E-state index in [-0.39, 0.29) is 34.4 Å². The van der Waals surface area contributed by atoms with Crippen molar-refractivity contribution in [1.29, 1.82) is 0 Å². The van der Waals surface area contributed by atoms with E-state index in [0.29, 0.717) is 0 Å². The van der Waals surface area contributed by atoms with Crippen molar-refractivity contribution in [3.63, 3.8) is 0 Å². The van der Waals surface area contributed by atoms with Crippen molar-refractivity contribution in [2.24, 2.45) is 0 Å². The summed E-state index contributed by atoms with van der Waals surface area (Å²) in [6.45, 7) is 4.88. The molecule has 6 nitrogen and oxygen atoms in total. The molecular formula is C28H42O6Sn. The van der Waals surface area contributed by atoms with Crippen LogP contribution < -0.4 is 0 Å². The van der Waals surface area contributed by atoms with Crippen LogP contribution in [0.4, 0.5) is 0 Å². The Balaban J connectivity index is 0.000000410. The van der Waals surface area contributed by atoms with E-state index < -0.39 is 36.6 Å². The van der Waals surface area contributed by atoms with Crippen molar-refractivity contribution in [1.82, 2.24) is 0 Å². The molecule has 7 heteroatoms. The summed E-state index contributed by atoms with van der Waals surface area (Å²) in [4.78, 5) is 0. The first-order chi connectivity index (χ1) is 17.0. The van der Waals surface area contributed by atoms with Gasteiger partial charge in [-0.3, -0.25) is 0 Å². The maximum absolute atomic E-state index is 10.3. The Kier molecular flexibility index (Phi) is 15.1. The van der Waals surface area contributed by atoms with Gasteiger partial charge in [-0.15, -0.1) is 0 Å². The fraction of sp³-hybridized carbons (Fsp3) is 0.571. The Morgan fingerprint density at radius 1 is 0.600 bits per heavy atom. The van der Waals surface area contributed by atoms with Crippen LogP contribution in [0.15, 0.2) is 60.7 Å². The van der Waals surface area contributed by atoms with Gasteiger partial charge in [0.1, 0.15) is 36.6 Å². The van der Waals surface area contributed by atoms with Gasteiger partial charge in [0, 0.05) is 0 Å². The summed E-state index contributed by atoms with van der Waals surface area (Å²) in [5, 5.41) is 41.4. The number of hydrogen-bond donors (Lipinski definition) is 4. The van der Waals surface area contributed by atoms with Gasteiger partial charge >= 0.3 is 69.5 Å². The zero-order valence-corrected chi connectivity index (χ0v) is 23.9. The zero-order chi connectivity index (χ0) is 25.5. The molecule has 2 aromatic carbocycles. The normalized spacial score (nSPS) is 26.1. The topological polar surface area (TPSA) is 99.4 Å². The molecule has 1 saturated carbocycles. The molecule has 2 unspecified atom stereocenters. The molecule has 0 aliphatic heterocycles. The van der Waals surface area contributed by atoms with E-state index in [2.05, 4.69) is 13.8 Å². The van der Waals surface area contributed by atoms with Gasteiger partial charge in [0.15, 0.2) is 0 Å². The fourth-order valence-corrected chi connectivity index (χ4v) is 8.00. The Labute approximate surface area is 220 Å². The maximum Gasteiger partial charge on any atom is 0.115 e. The SMILES string of the molecule is CCC[CH2][Sn][CH2]CCC.O[C@@H]1C(OCc2ccccc2)[C@H](O)[C@@H](O)C(OCc2ccccc2)[C@@H]1O. The molecule has 4 N–H and O–H groups in total. The smallest absolute Gasteiger partial charge is 0.115 e. The third-order valence-corrected chi connectivity index (χ3v) is 10.1. The minimum absolute atomic E-state index is 0.147. The maximum atomic E-state index is 10.3. The summed E-state index contributed by atoms with van der Waals surface area (Å²) >= 11 is 0.149. The molecule has 6 atom stereocenters. The van der Waals surface area contributed by atoms with E-state index in [9.17, 15) is 20.4 Å². The quantitative estimate of drug-likeness (QED) is 0.221.